The highest BCUT2D eigenvalue weighted by Crippen LogP contribution is 2.28. The third-order valence-corrected chi connectivity index (χ3v) is 5.36. The molecule has 0 aliphatic heterocycles. The molecule has 0 bridgehead atoms. The van der Waals surface area contributed by atoms with Crippen LogP contribution in [0.15, 0.2) is 27.5 Å². The van der Waals surface area contributed by atoms with Crippen molar-refractivity contribution in [2.75, 3.05) is 0 Å². The van der Waals surface area contributed by atoms with Gasteiger partial charge in [0.2, 0.25) is 0 Å². The molecule has 2 aromatic rings. The van der Waals surface area contributed by atoms with Crippen LogP contribution in [0.2, 0.25) is 0 Å². The van der Waals surface area contributed by atoms with Crippen molar-refractivity contribution in [3.63, 3.8) is 0 Å². The molecule has 0 fully saturated rings. The highest BCUT2D eigenvalue weighted by Gasteiger charge is 2.14. The lowest BCUT2D eigenvalue weighted by Gasteiger charge is -2.13. The van der Waals surface area contributed by atoms with E-state index in [9.17, 15) is 4.79 Å². The predicted octanol–water partition coefficient (Wildman–Crippen LogP) is 4.68. The zero-order valence-electron chi connectivity index (χ0n) is 10.2. The van der Waals surface area contributed by atoms with Gasteiger partial charge in [-0.15, -0.1) is 11.3 Å². The molecular formula is C15H15BrOS. The van der Waals surface area contributed by atoms with Gasteiger partial charge in [0.15, 0.2) is 5.43 Å². The summed E-state index contributed by atoms with van der Waals surface area (Å²) in [5, 5.41) is 0.891. The Morgan fingerprint density at radius 3 is 2.67 bits per heavy atom. The minimum atomic E-state index is 0.271. The first kappa shape index (κ1) is 12.4. The molecule has 1 aromatic heterocycles. The molecule has 3 heteroatoms. The monoisotopic (exact) mass is 322 g/mol. The molecule has 0 N–H and O–H groups in total. The second kappa shape index (κ2) is 5.14. The molecule has 0 unspecified atom stereocenters. The quantitative estimate of drug-likeness (QED) is 0.688. The molecule has 0 amide bonds. The predicted molar refractivity (Wildman–Crippen MR) is 81.7 cm³/mol. The van der Waals surface area contributed by atoms with Crippen molar-refractivity contribution in [3.8, 4) is 0 Å². The van der Waals surface area contributed by atoms with Crippen molar-refractivity contribution in [3.05, 3.63) is 43.3 Å². The van der Waals surface area contributed by atoms with Gasteiger partial charge in [0.05, 0.1) is 0 Å². The summed E-state index contributed by atoms with van der Waals surface area (Å²) in [5.74, 6) is 0. The molecule has 0 saturated heterocycles. The minimum Gasteiger partial charge on any atom is -0.289 e. The first-order chi connectivity index (χ1) is 8.75. The van der Waals surface area contributed by atoms with E-state index in [1.165, 1.54) is 24.1 Å². The second-order valence-electron chi connectivity index (χ2n) is 4.89. The van der Waals surface area contributed by atoms with E-state index in [2.05, 4.69) is 22.0 Å². The van der Waals surface area contributed by atoms with Crippen LogP contribution in [0.5, 0.6) is 0 Å². The molecular weight excluding hydrogens is 308 g/mol. The highest BCUT2D eigenvalue weighted by molar-refractivity contribution is 9.10. The summed E-state index contributed by atoms with van der Waals surface area (Å²) in [6.07, 6.45) is 7.01. The third kappa shape index (κ3) is 2.26. The summed E-state index contributed by atoms with van der Waals surface area (Å²) in [6.45, 7) is 0. The van der Waals surface area contributed by atoms with Crippen molar-refractivity contribution < 1.29 is 0 Å². The van der Waals surface area contributed by atoms with Gasteiger partial charge in [0.1, 0.15) is 0 Å². The van der Waals surface area contributed by atoms with Crippen molar-refractivity contribution in [1.29, 1.82) is 0 Å². The number of aryl methyl sites for hydroxylation is 1. The van der Waals surface area contributed by atoms with E-state index < -0.39 is 0 Å². The average Bonchev–Trinajstić information content (AvgIpc) is 2.31. The summed E-state index contributed by atoms with van der Waals surface area (Å²) in [7, 11) is 0. The Hall–Kier alpha value is -0.670. The molecule has 0 radical (unpaired) electrons. The van der Waals surface area contributed by atoms with E-state index in [4.69, 9.17) is 0 Å². The van der Waals surface area contributed by atoms with Crippen molar-refractivity contribution in [2.45, 2.75) is 38.5 Å². The number of benzene rings is 1. The van der Waals surface area contributed by atoms with Gasteiger partial charge in [0.25, 0.3) is 0 Å². The number of hydrogen-bond donors (Lipinski definition) is 0. The summed E-state index contributed by atoms with van der Waals surface area (Å²) >= 11 is 5.30. The first-order valence-corrected chi connectivity index (χ1v) is 8.11. The molecule has 0 saturated carbocycles. The standard InChI is InChI=1S/C15H15BrOS/c16-10-7-8-12-14(9-10)18-13-6-4-2-1-3-5-11(13)15(12)17/h7-9H,1-6H2. The van der Waals surface area contributed by atoms with Crippen LogP contribution in [-0.4, -0.2) is 0 Å². The van der Waals surface area contributed by atoms with E-state index in [-0.39, 0.29) is 5.43 Å². The van der Waals surface area contributed by atoms with Crippen molar-refractivity contribution >= 4 is 37.4 Å². The lowest BCUT2D eigenvalue weighted by Crippen LogP contribution is -2.13. The first-order valence-electron chi connectivity index (χ1n) is 6.50. The summed E-state index contributed by atoms with van der Waals surface area (Å²) in [6, 6.07) is 5.99. The summed E-state index contributed by atoms with van der Waals surface area (Å²) in [5.41, 5.74) is 1.36. The van der Waals surface area contributed by atoms with Crippen LogP contribution >= 0.6 is 27.3 Å². The van der Waals surface area contributed by atoms with E-state index in [1.807, 2.05) is 23.5 Å². The highest BCUT2D eigenvalue weighted by atomic mass is 79.9. The van der Waals surface area contributed by atoms with Crippen LogP contribution in [0, 0.1) is 0 Å². The Morgan fingerprint density at radius 2 is 1.83 bits per heavy atom. The van der Waals surface area contributed by atoms with Gasteiger partial charge < -0.3 is 0 Å². The van der Waals surface area contributed by atoms with Crippen LogP contribution in [0.25, 0.3) is 10.1 Å². The maximum absolute atomic E-state index is 12.5. The maximum atomic E-state index is 12.5. The smallest absolute Gasteiger partial charge is 0.191 e. The molecule has 1 heterocycles. The van der Waals surface area contributed by atoms with Crippen LogP contribution in [0.1, 0.15) is 36.1 Å². The topological polar surface area (TPSA) is 17.1 Å². The second-order valence-corrected chi connectivity index (χ2v) is 6.94. The zero-order valence-corrected chi connectivity index (χ0v) is 12.6. The van der Waals surface area contributed by atoms with Gasteiger partial charge in [-0.1, -0.05) is 28.8 Å². The molecule has 0 spiro atoms. The van der Waals surface area contributed by atoms with Gasteiger partial charge in [-0.25, -0.2) is 0 Å². The van der Waals surface area contributed by atoms with Crippen LogP contribution in [0.3, 0.4) is 0 Å². The molecule has 1 nitrogen and oxygen atoms in total. The van der Waals surface area contributed by atoms with Gasteiger partial charge in [-0.3, -0.25) is 4.79 Å². The molecule has 94 valence electrons. The lowest BCUT2D eigenvalue weighted by molar-refractivity contribution is 0.620. The van der Waals surface area contributed by atoms with Gasteiger partial charge >= 0.3 is 0 Å². The lowest BCUT2D eigenvalue weighted by atomic mass is 9.98. The van der Waals surface area contributed by atoms with Crippen LogP contribution < -0.4 is 5.43 Å². The Balaban J connectivity index is 2.26. The number of fused-ring (bicyclic) bond motifs is 2. The number of rotatable bonds is 0. The minimum absolute atomic E-state index is 0.271. The van der Waals surface area contributed by atoms with Gasteiger partial charge in [0, 0.05) is 25.0 Å². The fourth-order valence-electron chi connectivity index (χ4n) is 2.65. The number of halogens is 1. The van der Waals surface area contributed by atoms with Gasteiger partial charge in [-0.2, -0.15) is 0 Å². The maximum Gasteiger partial charge on any atom is 0.191 e. The Labute approximate surface area is 119 Å². The largest absolute Gasteiger partial charge is 0.289 e. The molecule has 1 aliphatic carbocycles. The molecule has 0 atom stereocenters. The Morgan fingerprint density at radius 1 is 1.06 bits per heavy atom. The van der Waals surface area contributed by atoms with Gasteiger partial charge in [-0.05, 0) is 43.9 Å². The third-order valence-electron chi connectivity index (χ3n) is 3.61. The van der Waals surface area contributed by atoms with Crippen molar-refractivity contribution in [2.24, 2.45) is 0 Å². The average molecular weight is 323 g/mol. The normalized spacial score (nSPS) is 16.1. The van der Waals surface area contributed by atoms with E-state index in [0.717, 1.165) is 39.4 Å². The Bertz CT molecular complexity index is 645. The van der Waals surface area contributed by atoms with E-state index >= 15 is 0 Å². The molecule has 1 aromatic carbocycles. The van der Waals surface area contributed by atoms with Crippen LogP contribution in [0.4, 0.5) is 0 Å². The van der Waals surface area contributed by atoms with Crippen molar-refractivity contribution in [1.82, 2.24) is 0 Å². The summed E-state index contributed by atoms with van der Waals surface area (Å²) in [4.78, 5) is 13.9. The zero-order chi connectivity index (χ0) is 12.5. The van der Waals surface area contributed by atoms with E-state index in [1.54, 1.807) is 0 Å². The molecule has 18 heavy (non-hydrogen) atoms. The Kier molecular flexibility index (Phi) is 3.53. The summed E-state index contributed by atoms with van der Waals surface area (Å²) < 4.78 is 2.17. The fraction of sp³-hybridized carbons (Fsp3) is 0.400. The fourth-order valence-corrected chi connectivity index (χ4v) is 4.45. The number of hydrogen-bond acceptors (Lipinski definition) is 2. The SMILES string of the molecule is O=c1c2c(sc3cc(Br)ccc13)CCCCCC2. The molecule has 1 aliphatic rings. The van der Waals surface area contributed by atoms with Crippen LogP contribution in [-0.2, 0) is 12.8 Å². The molecule has 3 rings (SSSR count). The van der Waals surface area contributed by atoms with E-state index in [0.29, 0.717) is 0 Å².